The summed E-state index contributed by atoms with van der Waals surface area (Å²) in [5, 5.41) is 3.47. The van der Waals surface area contributed by atoms with E-state index in [9.17, 15) is 0 Å². The molecule has 0 saturated carbocycles. The predicted molar refractivity (Wildman–Crippen MR) is 73.9 cm³/mol. The van der Waals surface area contributed by atoms with Gasteiger partial charge in [0.2, 0.25) is 0 Å². The molecule has 0 aliphatic carbocycles. The molecule has 0 rings (SSSR count). The Morgan fingerprint density at radius 3 is 2.06 bits per heavy atom. The van der Waals surface area contributed by atoms with Crippen molar-refractivity contribution in [3.05, 3.63) is 12.2 Å². The lowest BCUT2D eigenvalue weighted by Crippen LogP contribution is -2.58. The zero-order chi connectivity index (χ0) is 12.8. The number of likely N-dealkylation sites (N-methyl/N-ethyl adjacent to an activating group) is 2. The molecule has 2 unspecified atom stereocenters. The molecule has 96 valence electrons. The van der Waals surface area contributed by atoms with E-state index in [0.29, 0.717) is 6.04 Å². The number of nitrogens with one attached hydrogen (secondary N) is 1. The molecule has 0 aromatic carbocycles. The summed E-state index contributed by atoms with van der Waals surface area (Å²) in [6.07, 6.45) is 2.21. The Bertz CT molecular complexity index is 209. The molecule has 0 saturated heterocycles. The molecule has 2 heteroatoms. The van der Waals surface area contributed by atoms with Crippen LogP contribution in [0.5, 0.6) is 0 Å². The number of hydrogen-bond donors (Lipinski definition) is 1. The normalized spacial score (nSPS) is 17.2. The van der Waals surface area contributed by atoms with Crippen LogP contribution in [0, 0.1) is 0 Å². The zero-order valence-corrected chi connectivity index (χ0v) is 12.1. The third-order valence-electron chi connectivity index (χ3n) is 3.85. The first-order chi connectivity index (χ1) is 7.46. The fourth-order valence-corrected chi connectivity index (χ4v) is 2.62. The third-order valence-corrected chi connectivity index (χ3v) is 3.85. The van der Waals surface area contributed by atoms with Crippen LogP contribution in [-0.2, 0) is 0 Å². The van der Waals surface area contributed by atoms with E-state index >= 15 is 0 Å². The summed E-state index contributed by atoms with van der Waals surface area (Å²) in [6, 6.07) is 0.481. The highest BCUT2D eigenvalue weighted by Crippen LogP contribution is 2.26. The first-order valence-corrected chi connectivity index (χ1v) is 6.52. The van der Waals surface area contributed by atoms with Crippen molar-refractivity contribution in [2.75, 3.05) is 20.1 Å². The van der Waals surface area contributed by atoms with Crippen LogP contribution >= 0.6 is 0 Å². The fraction of sp³-hybridized carbons (Fsp3) is 0.857. The molecule has 0 aliphatic rings. The third kappa shape index (κ3) is 3.60. The summed E-state index contributed by atoms with van der Waals surface area (Å²) >= 11 is 0. The Hall–Kier alpha value is -0.340. The second-order valence-electron chi connectivity index (χ2n) is 4.89. The van der Waals surface area contributed by atoms with Crippen LogP contribution in [0.1, 0.15) is 47.5 Å². The largest absolute Gasteiger partial charge is 0.315 e. The van der Waals surface area contributed by atoms with Gasteiger partial charge in [-0.15, -0.1) is 6.58 Å². The first-order valence-electron chi connectivity index (χ1n) is 6.52. The quantitative estimate of drug-likeness (QED) is 0.640. The fourth-order valence-electron chi connectivity index (χ4n) is 2.62. The van der Waals surface area contributed by atoms with E-state index in [1.165, 1.54) is 5.57 Å². The predicted octanol–water partition coefficient (Wildman–Crippen LogP) is 3.05. The van der Waals surface area contributed by atoms with E-state index in [-0.39, 0.29) is 5.54 Å². The first kappa shape index (κ1) is 15.7. The lowest BCUT2D eigenvalue weighted by atomic mass is 9.83. The lowest BCUT2D eigenvalue weighted by molar-refractivity contribution is 0.0731. The van der Waals surface area contributed by atoms with Gasteiger partial charge in [-0.25, -0.2) is 0 Å². The van der Waals surface area contributed by atoms with Gasteiger partial charge in [0.25, 0.3) is 0 Å². The number of hydrogen-bond acceptors (Lipinski definition) is 2. The maximum Gasteiger partial charge on any atom is 0.0334 e. The van der Waals surface area contributed by atoms with Crippen molar-refractivity contribution >= 4 is 0 Å². The van der Waals surface area contributed by atoms with Crippen LogP contribution in [0.25, 0.3) is 0 Å². The SMILES string of the molecule is C=C(C)CC(NC)C(C)(CC)N(CC)CC. The van der Waals surface area contributed by atoms with Gasteiger partial charge in [0.15, 0.2) is 0 Å². The van der Waals surface area contributed by atoms with Gasteiger partial charge >= 0.3 is 0 Å². The van der Waals surface area contributed by atoms with Crippen molar-refractivity contribution in [3.63, 3.8) is 0 Å². The average Bonchev–Trinajstić information content (AvgIpc) is 2.26. The van der Waals surface area contributed by atoms with Gasteiger partial charge in [-0.3, -0.25) is 4.90 Å². The standard InChI is InChI=1S/C14H30N2/c1-8-14(6,16(9-2)10-3)13(15-7)11-12(4)5/h13,15H,4,8-11H2,1-3,5-7H3. The highest BCUT2D eigenvalue weighted by molar-refractivity contribution is 5.03. The molecule has 0 fully saturated rings. The summed E-state index contributed by atoms with van der Waals surface area (Å²) < 4.78 is 0. The summed E-state index contributed by atoms with van der Waals surface area (Å²) in [7, 11) is 2.06. The van der Waals surface area contributed by atoms with Crippen molar-refractivity contribution in [1.82, 2.24) is 10.2 Å². The molecule has 0 aromatic rings. The van der Waals surface area contributed by atoms with E-state index in [1.807, 2.05) is 0 Å². The van der Waals surface area contributed by atoms with Gasteiger partial charge in [-0.2, -0.15) is 0 Å². The minimum Gasteiger partial charge on any atom is -0.315 e. The molecule has 0 heterocycles. The number of nitrogens with zero attached hydrogens (tertiary/aromatic N) is 1. The maximum absolute atomic E-state index is 4.04. The summed E-state index contributed by atoms with van der Waals surface area (Å²) in [5.74, 6) is 0. The minimum absolute atomic E-state index is 0.219. The highest BCUT2D eigenvalue weighted by Gasteiger charge is 2.35. The van der Waals surface area contributed by atoms with Gasteiger partial charge in [0.05, 0.1) is 0 Å². The average molecular weight is 226 g/mol. The van der Waals surface area contributed by atoms with Crippen molar-refractivity contribution < 1.29 is 0 Å². The Kier molecular flexibility index (Phi) is 6.93. The molecule has 2 nitrogen and oxygen atoms in total. The molecular weight excluding hydrogens is 196 g/mol. The smallest absolute Gasteiger partial charge is 0.0334 e. The second-order valence-corrected chi connectivity index (χ2v) is 4.89. The van der Waals surface area contributed by atoms with Gasteiger partial charge in [-0.1, -0.05) is 26.3 Å². The van der Waals surface area contributed by atoms with Gasteiger partial charge < -0.3 is 5.32 Å². The Morgan fingerprint density at radius 1 is 1.31 bits per heavy atom. The summed E-state index contributed by atoms with van der Waals surface area (Å²) in [5.41, 5.74) is 1.48. The second kappa shape index (κ2) is 7.08. The van der Waals surface area contributed by atoms with Crippen LogP contribution in [0.4, 0.5) is 0 Å². The van der Waals surface area contributed by atoms with E-state index < -0.39 is 0 Å². The Labute approximate surface area is 102 Å². The van der Waals surface area contributed by atoms with Crippen LogP contribution in [0.15, 0.2) is 12.2 Å². The van der Waals surface area contributed by atoms with Gasteiger partial charge in [0.1, 0.15) is 0 Å². The minimum atomic E-state index is 0.219. The Balaban J connectivity index is 4.93. The molecule has 0 aromatic heterocycles. The molecule has 0 amide bonds. The van der Waals surface area contributed by atoms with Crippen molar-refractivity contribution in [1.29, 1.82) is 0 Å². The monoisotopic (exact) mass is 226 g/mol. The highest BCUT2D eigenvalue weighted by atomic mass is 15.2. The summed E-state index contributed by atoms with van der Waals surface area (Å²) in [4.78, 5) is 2.55. The molecule has 0 radical (unpaired) electrons. The van der Waals surface area contributed by atoms with E-state index in [1.54, 1.807) is 0 Å². The molecule has 0 bridgehead atoms. The summed E-state index contributed by atoms with van der Waals surface area (Å²) in [6.45, 7) is 17.5. The van der Waals surface area contributed by atoms with Crippen molar-refractivity contribution in [2.24, 2.45) is 0 Å². The van der Waals surface area contributed by atoms with Gasteiger partial charge in [0, 0.05) is 11.6 Å². The zero-order valence-electron chi connectivity index (χ0n) is 12.1. The van der Waals surface area contributed by atoms with Crippen LogP contribution in [0.2, 0.25) is 0 Å². The molecule has 1 N–H and O–H groups in total. The van der Waals surface area contributed by atoms with Crippen LogP contribution in [-0.4, -0.2) is 36.6 Å². The number of rotatable bonds is 8. The van der Waals surface area contributed by atoms with E-state index in [0.717, 1.165) is 25.9 Å². The molecule has 2 atom stereocenters. The van der Waals surface area contributed by atoms with Crippen LogP contribution in [0.3, 0.4) is 0 Å². The topological polar surface area (TPSA) is 15.3 Å². The van der Waals surface area contributed by atoms with Crippen LogP contribution < -0.4 is 5.32 Å². The maximum atomic E-state index is 4.04. The van der Waals surface area contributed by atoms with Crippen molar-refractivity contribution in [2.45, 2.75) is 59.0 Å². The Morgan fingerprint density at radius 2 is 1.81 bits per heavy atom. The molecule has 0 spiro atoms. The van der Waals surface area contributed by atoms with E-state index in [2.05, 4.69) is 58.5 Å². The molecular formula is C14H30N2. The van der Waals surface area contributed by atoms with Crippen molar-refractivity contribution in [3.8, 4) is 0 Å². The van der Waals surface area contributed by atoms with Gasteiger partial charge in [-0.05, 0) is 46.8 Å². The molecule has 0 aliphatic heterocycles. The van der Waals surface area contributed by atoms with E-state index in [4.69, 9.17) is 0 Å². The molecule has 16 heavy (non-hydrogen) atoms. The lowest BCUT2D eigenvalue weighted by Gasteiger charge is -2.46.